The Bertz CT molecular complexity index is 819. The van der Waals surface area contributed by atoms with Crippen molar-refractivity contribution in [2.45, 2.75) is 11.4 Å². The number of para-hydroxylation sites is 1. The topological polar surface area (TPSA) is 93.7 Å². The molecule has 8 heteroatoms. The number of carbonyl (C=O) groups is 1. The van der Waals surface area contributed by atoms with Gasteiger partial charge in [-0.1, -0.05) is 18.2 Å². The number of benzene rings is 2. The summed E-state index contributed by atoms with van der Waals surface area (Å²) in [5, 5.41) is 2.43. The molecule has 0 saturated carbocycles. The van der Waals surface area contributed by atoms with E-state index in [0.29, 0.717) is 11.5 Å². The second-order valence-corrected chi connectivity index (χ2v) is 6.84. The molecule has 0 aliphatic heterocycles. The minimum absolute atomic E-state index is 0.106. The molecule has 0 atom stereocenters. The molecule has 0 bridgehead atoms. The van der Waals surface area contributed by atoms with Crippen LogP contribution in [0.4, 0.5) is 0 Å². The van der Waals surface area contributed by atoms with Crippen LogP contribution < -0.4 is 19.5 Å². The van der Waals surface area contributed by atoms with E-state index in [4.69, 9.17) is 9.47 Å². The van der Waals surface area contributed by atoms with Crippen molar-refractivity contribution >= 4 is 15.9 Å². The van der Waals surface area contributed by atoms with Gasteiger partial charge in [-0.3, -0.25) is 4.79 Å². The first-order valence-electron chi connectivity index (χ1n) is 7.51. The second kappa shape index (κ2) is 8.50. The third kappa shape index (κ3) is 5.20. The summed E-state index contributed by atoms with van der Waals surface area (Å²) in [7, 11) is -0.635. The first kappa shape index (κ1) is 18.8. The highest BCUT2D eigenvalue weighted by Gasteiger charge is 2.15. The summed E-state index contributed by atoms with van der Waals surface area (Å²) >= 11 is 0. The Kier molecular flexibility index (Phi) is 6.37. The maximum atomic E-state index is 12.4. The highest BCUT2D eigenvalue weighted by Crippen LogP contribution is 2.19. The van der Waals surface area contributed by atoms with Gasteiger partial charge in [-0.25, -0.2) is 13.1 Å². The Morgan fingerprint density at radius 3 is 2.40 bits per heavy atom. The third-order valence-electron chi connectivity index (χ3n) is 3.43. The molecule has 0 heterocycles. The normalized spacial score (nSPS) is 11.0. The average molecular weight is 364 g/mol. The van der Waals surface area contributed by atoms with Crippen LogP contribution in [0, 0.1) is 0 Å². The fourth-order valence-corrected chi connectivity index (χ4v) is 3.05. The van der Waals surface area contributed by atoms with Crippen LogP contribution in [0.1, 0.15) is 5.56 Å². The summed E-state index contributed by atoms with van der Waals surface area (Å²) in [4.78, 5) is 11.2. The molecule has 0 saturated heterocycles. The molecule has 0 radical (unpaired) electrons. The highest BCUT2D eigenvalue weighted by atomic mass is 32.2. The summed E-state index contributed by atoms with van der Waals surface area (Å²) < 4.78 is 37.7. The van der Waals surface area contributed by atoms with Crippen LogP contribution in [0.5, 0.6) is 11.5 Å². The molecule has 2 aromatic carbocycles. The first-order chi connectivity index (χ1) is 12.0. The Balaban J connectivity index is 2.03. The van der Waals surface area contributed by atoms with E-state index < -0.39 is 10.0 Å². The SMILES string of the molecule is CNC(=O)COc1ccc(S(=O)(=O)NCc2ccccc2OC)cc1. The van der Waals surface area contributed by atoms with Crippen molar-refractivity contribution in [3.05, 3.63) is 54.1 Å². The summed E-state index contributed by atoms with van der Waals surface area (Å²) in [6, 6.07) is 13.0. The van der Waals surface area contributed by atoms with Gasteiger partial charge >= 0.3 is 0 Å². The number of methoxy groups -OCH3 is 1. The lowest BCUT2D eigenvalue weighted by molar-refractivity contribution is -0.122. The monoisotopic (exact) mass is 364 g/mol. The van der Waals surface area contributed by atoms with E-state index in [2.05, 4.69) is 10.0 Å². The van der Waals surface area contributed by atoms with E-state index in [9.17, 15) is 13.2 Å². The number of nitrogens with one attached hydrogen (secondary N) is 2. The fourth-order valence-electron chi connectivity index (χ4n) is 2.04. The maximum absolute atomic E-state index is 12.4. The summed E-state index contributed by atoms with van der Waals surface area (Å²) in [6.07, 6.45) is 0. The number of ether oxygens (including phenoxy) is 2. The molecule has 2 N–H and O–H groups in total. The third-order valence-corrected chi connectivity index (χ3v) is 4.85. The zero-order chi connectivity index (χ0) is 18.3. The van der Waals surface area contributed by atoms with E-state index >= 15 is 0 Å². The molecule has 0 fully saturated rings. The van der Waals surface area contributed by atoms with Gasteiger partial charge in [-0.2, -0.15) is 0 Å². The predicted octanol–water partition coefficient (Wildman–Crippen LogP) is 1.30. The van der Waals surface area contributed by atoms with Gasteiger partial charge in [0.2, 0.25) is 10.0 Å². The number of carbonyl (C=O) groups excluding carboxylic acids is 1. The van der Waals surface area contributed by atoms with Crippen molar-refractivity contribution < 1.29 is 22.7 Å². The number of hydrogen-bond donors (Lipinski definition) is 2. The Hall–Kier alpha value is -2.58. The molecular formula is C17H20N2O5S. The lowest BCUT2D eigenvalue weighted by Gasteiger charge is -2.11. The van der Waals surface area contributed by atoms with Crippen LogP contribution in [0.2, 0.25) is 0 Å². The van der Waals surface area contributed by atoms with Gasteiger partial charge in [0.15, 0.2) is 6.61 Å². The van der Waals surface area contributed by atoms with Gasteiger partial charge in [-0.15, -0.1) is 0 Å². The minimum atomic E-state index is -3.68. The molecule has 0 aromatic heterocycles. The molecule has 134 valence electrons. The highest BCUT2D eigenvalue weighted by molar-refractivity contribution is 7.89. The van der Waals surface area contributed by atoms with Crippen molar-refractivity contribution in [1.29, 1.82) is 0 Å². The van der Waals surface area contributed by atoms with Crippen molar-refractivity contribution in [2.24, 2.45) is 0 Å². The predicted molar refractivity (Wildman–Crippen MR) is 93.0 cm³/mol. The molecule has 0 unspecified atom stereocenters. The van der Waals surface area contributed by atoms with Gasteiger partial charge < -0.3 is 14.8 Å². The Morgan fingerprint density at radius 2 is 1.76 bits per heavy atom. The number of rotatable bonds is 8. The lowest BCUT2D eigenvalue weighted by Crippen LogP contribution is -2.25. The smallest absolute Gasteiger partial charge is 0.257 e. The van der Waals surface area contributed by atoms with Crippen molar-refractivity contribution in [3.8, 4) is 11.5 Å². The maximum Gasteiger partial charge on any atom is 0.257 e. The molecule has 25 heavy (non-hydrogen) atoms. The van der Waals surface area contributed by atoms with Crippen LogP contribution in [-0.2, 0) is 21.4 Å². The molecule has 1 amide bonds. The Labute approximate surface area is 147 Å². The minimum Gasteiger partial charge on any atom is -0.496 e. The molecule has 0 aliphatic carbocycles. The zero-order valence-electron chi connectivity index (χ0n) is 14.0. The molecule has 2 aromatic rings. The summed E-state index contributed by atoms with van der Waals surface area (Å²) in [5.41, 5.74) is 0.735. The van der Waals surface area contributed by atoms with Gasteiger partial charge in [0.1, 0.15) is 11.5 Å². The van der Waals surface area contributed by atoms with Gasteiger partial charge in [0.25, 0.3) is 5.91 Å². The molecule has 0 aliphatic rings. The number of sulfonamides is 1. The van der Waals surface area contributed by atoms with E-state index in [1.807, 2.05) is 12.1 Å². The molecule has 0 spiro atoms. The summed E-state index contributed by atoms with van der Waals surface area (Å²) in [6.45, 7) is -0.0179. The standard InChI is InChI=1S/C17H20N2O5S/c1-18-17(20)12-24-14-7-9-15(10-8-14)25(21,22)19-11-13-5-3-4-6-16(13)23-2/h3-10,19H,11-12H2,1-2H3,(H,18,20). The van der Waals surface area contributed by atoms with Gasteiger partial charge in [0, 0.05) is 19.2 Å². The Morgan fingerprint density at radius 1 is 1.08 bits per heavy atom. The van der Waals surface area contributed by atoms with Crippen LogP contribution in [0.3, 0.4) is 0 Å². The first-order valence-corrected chi connectivity index (χ1v) is 8.99. The number of likely N-dealkylation sites (N-methyl/N-ethyl adjacent to an activating group) is 1. The van der Waals surface area contributed by atoms with E-state index in [0.717, 1.165) is 5.56 Å². The van der Waals surface area contributed by atoms with Gasteiger partial charge in [-0.05, 0) is 30.3 Å². The van der Waals surface area contributed by atoms with Crippen molar-refractivity contribution in [3.63, 3.8) is 0 Å². The average Bonchev–Trinajstić information content (AvgIpc) is 2.65. The summed E-state index contributed by atoms with van der Waals surface area (Å²) in [5.74, 6) is 0.755. The van der Waals surface area contributed by atoms with Gasteiger partial charge in [0.05, 0.1) is 12.0 Å². The van der Waals surface area contributed by atoms with Crippen molar-refractivity contribution in [2.75, 3.05) is 20.8 Å². The molecular weight excluding hydrogens is 344 g/mol. The number of amides is 1. The van der Waals surface area contributed by atoms with Crippen LogP contribution >= 0.6 is 0 Å². The number of hydrogen-bond acceptors (Lipinski definition) is 5. The molecule has 2 rings (SSSR count). The molecule has 7 nitrogen and oxygen atoms in total. The zero-order valence-corrected chi connectivity index (χ0v) is 14.8. The fraction of sp³-hybridized carbons (Fsp3) is 0.235. The van der Waals surface area contributed by atoms with E-state index in [1.165, 1.54) is 38.4 Å². The largest absolute Gasteiger partial charge is 0.496 e. The second-order valence-electron chi connectivity index (χ2n) is 5.07. The van der Waals surface area contributed by atoms with E-state index in [-0.39, 0.29) is 24.0 Å². The van der Waals surface area contributed by atoms with E-state index in [1.54, 1.807) is 12.1 Å². The lowest BCUT2D eigenvalue weighted by atomic mass is 10.2. The van der Waals surface area contributed by atoms with Crippen molar-refractivity contribution in [1.82, 2.24) is 10.0 Å². The van der Waals surface area contributed by atoms with Crippen LogP contribution in [-0.4, -0.2) is 35.1 Å². The quantitative estimate of drug-likeness (QED) is 0.736. The van der Waals surface area contributed by atoms with Crippen LogP contribution in [0.25, 0.3) is 0 Å². The van der Waals surface area contributed by atoms with Crippen LogP contribution in [0.15, 0.2) is 53.4 Å².